The molecule has 152 valence electrons. The van der Waals surface area contributed by atoms with Gasteiger partial charge in [-0.3, -0.25) is 14.0 Å². The third-order valence-corrected chi connectivity index (χ3v) is 6.37. The Kier molecular flexibility index (Phi) is 4.71. The summed E-state index contributed by atoms with van der Waals surface area (Å²) in [5.74, 6) is 0.674. The van der Waals surface area contributed by atoms with Gasteiger partial charge in [0.05, 0.1) is 5.69 Å². The van der Waals surface area contributed by atoms with Crippen LogP contribution in [0.1, 0.15) is 38.7 Å². The molecule has 0 bridgehead atoms. The molecule has 0 saturated heterocycles. The maximum Gasteiger partial charge on any atom is 0.271 e. The Morgan fingerprint density at radius 2 is 2.10 bits per heavy atom. The van der Waals surface area contributed by atoms with Crippen molar-refractivity contribution in [3.05, 3.63) is 86.8 Å². The molecule has 1 amide bonds. The van der Waals surface area contributed by atoms with Crippen LogP contribution in [0.4, 0.5) is 0 Å². The van der Waals surface area contributed by atoms with Gasteiger partial charge in [0.15, 0.2) is 4.96 Å². The molecule has 1 aliphatic rings. The van der Waals surface area contributed by atoms with Crippen molar-refractivity contribution >= 4 is 22.2 Å². The lowest BCUT2D eigenvalue weighted by atomic mass is 10.1. The molecule has 30 heavy (non-hydrogen) atoms. The summed E-state index contributed by atoms with van der Waals surface area (Å²) in [5, 5.41) is 3.00. The highest BCUT2D eigenvalue weighted by molar-refractivity contribution is 7.17. The number of fused-ring (bicyclic) bond motifs is 2. The van der Waals surface area contributed by atoms with Crippen LogP contribution in [0, 0.1) is 6.92 Å². The molecule has 0 fully saturated rings. The van der Waals surface area contributed by atoms with E-state index >= 15 is 0 Å². The number of rotatable bonds is 4. The Hall–Kier alpha value is -3.26. The van der Waals surface area contributed by atoms with E-state index in [0.717, 1.165) is 35.7 Å². The first kappa shape index (κ1) is 18.7. The number of benzene rings is 1. The first-order valence-electron chi connectivity index (χ1n) is 9.94. The molecule has 7 nitrogen and oxygen atoms in total. The van der Waals surface area contributed by atoms with Gasteiger partial charge in [0, 0.05) is 48.9 Å². The quantitative estimate of drug-likeness (QED) is 0.551. The minimum absolute atomic E-state index is 0.0326. The highest BCUT2D eigenvalue weighted by Crippen LogP contribution is 2.19. The van der Waals surface area contributed by atoms with Gasteiger partial charge in [0.2, 0.25) is 0 Å². The van der Waals surface area contributed by atoms with Gasteiger partial charge in [-0.15, -0.1) is 11.3 Å². The summed E-state index contributed by atoms with van der Waals surface area (Å²) in [6.45, 7) is 2.63. The predicted molar refractivity (Wildman–Crippen MR) is 115 cm³/mol. The molecule has 5 rings (SSSR count). The smallest absolute Gasteiger partial charge is 0.271 e. The standard InChI is InChI=1S/C22H21N5O2S/c1-14-11-26-12-16(7-8-19(26)24-14)25-20(28)18-10-23-22-27(21(18)29)13-17(30-22)9-15-5-3-2-4-6-15/h2-6,10-11,13,16H,7-9,12H2,1H3,(H,25,28). The topological polar surface area (TPSA) is 81.3 Å². The monoisotopic (exact) mass is 419 g/mol. The molecule has 1 unspecified atom stereocenters. The van der Waals surface area contributed by atoms with Crippen molar-refractivity contribution in [1.29, 1.82) is 0 Å². The highest BCUT2D eigenvalue weighted by atomic mass is 32.1. The zero-order valence-electron chi connectivity index (χ0n) is 16.5. The van der Waals surface area contributed by atoms with Gasteiger partial charge in [-0.1, -0.05) is 30.3 Å². The first-order valence-corrected chi connectivity index (χ1v) is 10.8. The summed E-state index contributed by atoms with van der Waals surface area (Å²) in [4.78, 5) is 36.2. The van der Waals surface area contributed by atoms with Gasteiger partial charge in [-0.2, -0.15) is 0 Å². The molecule has 0 spiro atoms. The van der Waals surface area contributed by atoms with E-state index in [1.807, 2.05) is 31.3 Å². The van der Waals surface area contributed by atoms with Crippen molar-refractivity contribution in [2.45, 2.75) is 38.8 Å². The zero-order valence-corrected chi connectivity index (χ0v) is 17.4. The number of aromatic nitrogens is 4. The van der Waals surface area contributed by atoms with Gasteiger partial charge in [0.1, 0.15) is 11.4 Å². The zero-order chi connectivity index (χ0) is 20.7. The van der Waals surface area contributed by atoms with Crippen molar-refractivity contribution in [3.63, 3.8) is 0 Å². The number of hydrogen-bond donors (Lipinski definition) is 1. The summed E-state index contributed by atoms with van der Waals surface area (Å²) in [6, 6.07) is 10.0. The maximum atomic E-state index is 12.9. The normalized spacial score (nSPS) is 15.8. The van der Waals surface area contributed by atoms with Crippen LogP contribution in [-0.4, -0.2) is 30.9 Å². The SMILES string of the molecule is Cc1cn2c(n1)CCC(NC(=O)c1cnc3sc(Cc4ccccc4)cn3c1=O)C2. The number of imidazole rings is 1. The average molecular weight is 420 g/mol. The fourth-order valence-electron chi connectivity index (χ4n) is 3.93. The Bertz CT molecular complexity index is 1290. The number of amides is 1. The van der Waals surface area contributed by atoms with Crippen molar-refractivity contribution < 1.29 is 4.79 Å². The van der Waals surface area contributed by atoms with Crippen molar-refractivity contribution in [3.8, 4) is 0 Å². The minimum Gasteiger partial charge on any atom is -0.347 e. The second kappa shape index (κ2) is 7.53. The molecular weight excluding hydrogens is 398 g/mol. The van der Waals surface area contributed by atoms with Crippen LogP contribution >= 0.6 is 11.3 Å². The van der Waals surface area contributed by atoms with Crippen LogP contribution in [0.15, 0.2) is 53.7 Å². The van der Waals surface area contributed by atoms with E-state index in [1.165, 1.54) is 27.5 Å². The van der Waals surface area contributed by atoms with Gasteiger partial charge in [0.25, 0.3) is 11.5 Å². The number of aryl methyl sites for hydroxylation is 2. The fourth-order valence-corrected chi connectivity index (χ4v) is 4.90. The number of hydrogen-bond acceptors (Lipinski definition) is 5. The number of nitrogens with zero attached hydrogens (tertiary/aromatic N) is 4. The van der Waals surface area contributed by atoms with Gasteiger partial charge >= 0.3 is 0 Å². The van der Waals surface area contributed by atoms with Crippen molar-refractivity contribution in [2.75, 3.05) is 0 Å². The molecular formula is C22H21N5O2S. The molecule has 0 radical (unpaired) electrons. The summed E-state index contributed by atoms with van der Waals surface area (Å²) >= 11 is 1.47. The van der Waals surface area contributed by atoms with Gasteiger partial charge < -0.3 is 9.88 Å². The van der Waals surface area contributed by atoms with Crippen molar-refractivity contribution in [1.82, 2.24) is 24.3 Å². The lowest BCUT2D eigenvalue weighted by molar-refractivity contribution is 0.0925. The van der Waals surface area contributed by atoms with E-state index in [1.54, 1.807) is 6.20 Å². The van der Waals surface area contributed by atoms with E-state index < -0.39 is 0 Å². The first-order chi connectivity index (χ1) is 14.6. The van der Waals surface area contributed by atoms with E-state index in [0.29, 0.717) is 11.5 Å². The third-order valence-electron chi connectivity index (χ3n) is 5.37. The molecule has 8 heteroatoms. The summed E-state index contributed by atoms with van der Waals surface area (Å²) < 4.78 is 3.56. The summed E-state index contributed by atoms with van der Waals surface area (Å²) in [6.07, 6.45) is 7.52. The lowest BCUT2D eigenvalue weighted by Gasteiger charge is -2.24. The largest absolute Gasteiger partial charge is 0.347 e. The Morgan fingerprint density at radius 3 is 2.93 bits per heavy atom. The van der Waals surface area contributed by atoms with E-state index in [9.17, 15) is 9.59 Å². The van der Waals surface area contributed by atoms with Crippen LogP contribution in [-0.2, 0) is 19.4 Å². The predicted octanol–water partition coefficient (Wildman–Crippen LogP) is 2.60. The summed E-state index contributed by atoms with van der Waals surface area (Å²) in [5.41, 5.74) is 1.89. The number of nitrogens with one attached hydrogen (secondary N) is 1. The van der Waals surface area contributed by atoms with Crippen molar-refractivity contribution in [2.24, 2.45) is 0 Å². The number of carbonyl (C=O) groups excluding carboxylic acids is 1. The van der Waals surface area contributed by atoms with Crippen LogP contribution in [0.25, 0.3) is 4.96 Å². The molecule has 4 heterocycles. The highest BCUT2D eigenvalue weighted by Gasteiger charge is 2.23. The molecule has 1 atom stereocenters. The third kappa shape index (κ3) is 3.54. The van der Waals surface area contributed by atoms with Crippen LogP contribution in [0.2, 0.25) is 0 Å². The van der Waals surface area contributed by atoms with Gasteiger partial charge in [-0.05, 0) is 18.9 Å². The molecule has 1 aliphatic heterocycles. The minimum atomic E-state index is -0.372. The van der Waals surface area contributed by atoms with E-state index in [-0.39, 0.29) is 23.1 Å². The molecule has 0 aliphatic carbocycles. The Balaban J connectivity index is 1.36. The summed E-state index contributed by atoms with van der Waals surface area (Å²) in [7, 11) is 0. The fraction of sp³-hybridized carbons (Fsp3) is 0.273. The lowest BCUT2D eigenvalue weighted by Crippen LogP contribution is -2.42. The van der Waals surface area contributed by atoms with Crippen LogP contribution < -0.4 is 10.9 Å². The van der Waals surface area contributed by atoms with Crippen LogP contribution in [0.5, 0.6) is 0 Å². The second-order valence-corrected chi connectivity index (χ2v) is 8.74. The molecule has 4 aromatic rings. The molecule has 0 saturated carbocycles. The van der Waals surface area contributed by atoms with Gasteiger partial charge in [-0.25, -0.2) is 9.97 Å². The average Bonchev–Trinajstić information content (AvgIpc) is 3.31. The molecule has 1 aromatic carbocycles. The van der Waals surface area contributed by atoms with Crippen LogP contribution in [0.3, 0.4) is 0 Å². The number of thiazole rings is 1. The maximum absolute atomic E-state index is 12.9. The Labute approximate surface area is 177 Å². The van der Waals surface area contributed by atoms with E-state index in [4.69, 9.17) is 0 Å². The van der Waals surface area contributed by atoms with E-state index in [2.05, 4.69) is 32.0 Å². The molecule has 1 N–H and O–H groups in total. The Morgan fingerprint density at radius 1 is 1.27 bits per heavy atom. The second-order valence-electron chi connectivity index (χ2n) is 7.65. The molecule has 3 aromatic heterocycles. The number of carbonyl (C=O) groups is 1.